The van der Waals surface area contributed by atoms with Gasteiger partial charge in [0.1, 0.15) is 5.84 Å². The van der Waals surface area contributed by atoms with E-state index in [0.29, 0.717) is 6.04 Å². The van der Waals surface area contributed by atoms with Crippen LogP contribution in [0.15, 0.2) is 18.2 Å². The summed E-state index contributed by atoms with van der Waals surface area (Å²) in [7, 11) is 2.04. The monoisotopic (exact) mass is 233 g/mol. The number of nitrogen functional groups attached to an aromatic ring is 1. The molecule has 17 heavy (non-hydrogen) atoms. The van der Waals surface area contributed by atoms with E-state index in [0.717, 1.165) is 36.4 Å². The lowest BCUT2D eigenvalue weighted by molar-refractivity contribution is 0.193. The van der Waals surface area contributed by atoms with Gasteiger partial charge in [-0.25, -0.2) is 0 Å². The predicted octanol–water partition coefficient (Wildman–Crippen LogP) is 1.50. The molecular formula is C13H19N3O. The van der Waals surface area contributed by atoms with Gasteiger partial charge in [-0.2, -0.15) is 0 Å². The van der Waals surface area contributed by atoms with Crippen molar-refractivity contribution in [3.8, 4) is 0 Å². The van der Waals surface area contributed by atoms with Gasteiger partial charge in [-0.05, 0) is 25.5 Å². The summed E-state index contributed by atoms with van der Waals surface area (Å²) in [5.74, 6) is 0.120. The highest BCUT2D eigenvalue weighted by Gasteiger charge is 2.22. The Morgan fingerprint density at radius 2 is 2.29 bits per heavy atom. The van der Waals surface area contributed by atoms with Crippen molar-refractivity contribution in [1.29, 1.82) is 5.41 Å². The standard InChI is InChI=1S/C13H19N3O/c1-9-3-4-12(11(7-9)13(14)15)16(2)10-5-6-17-8-10/h3-4,7,10H,5-6,8H2,1-2H3,(H3,14,15). The molecule has 0 aromatic heterocycles. The molecule has 3 N–H and O–H groups in total. The number of hydrogen-bond acceptors (Lipinski definition) is 3. The van der Waals surface area contributed by atoms with Crippen LogP contribution in [0, 0.1) is 12.3 Å². The Kier molecular flexibility index (Phi) is 3.33. The Labute approximate surface area is 102 Å². The first-order valence-corrected chi connectivity index (χ1v) is 5.85. The Hall–Kier alpha value is -1.55. The molecular weight excluding hydrogens is 214 g/mol. The summed E-state index contributed by atoms with van der Waals surface area (Å²) in [6.45, 7) is 3.58. The average Bonchev–Trinajstić information content (AvgIpc) is 2.81. The zero-order valence-corrected chi connectivity index (χ0v) is 10.4. The number of ether oxygens (including phenoxy) is 1. The second-order valence-electron chi connectivity index (χ2n) is 4.56. The van der Waals surface area contributed by atoms with Gasteiger partial charge in [-0.3, -0.25) is 5.41 Å². The van der Waals surface area contributed by atoms with E-state index in [1.165, 1.54) is 0 Å². The number of likely N-dealkylation sites (N-methyl/N-ethyl adjacent to an activating group) is 1. The molecule has 0 saturated carbocycles. The van der Waals surface area contributed by atoms with E-state index in [4.69, 9.17) is 15.9 Å². The van der Waals surface area contributed by atoms with Gasteiger partial charge in [-0.1, -0.05) is 11.6 Å². The maximum atomic E-state index is 7.66. The van der Waals surface area contributed by atoms with Gasteiger partial charge < -0.3 is 15.4 Å². The summed E-state index contributed by atoms with van der Waals surface area (Å²) in [5, 5.41) is 7.66. The molecule has 4 heteroatoms. The minimum atomic E-state index is 0.120. The van der Waals surface area contributed by atoms with Crippen molar-refractivity contribution < 1.29 is 4.74 Å². The molecule has 1 unspecified atom stereocenters. The van der Waals surface area contributed by atoms with Gasteiger partial charge in [-0.15, -0.1) is 0 Å². The fraction of sp³-hybridized carbons (Fsp3) is 0.462. The highest BCUT2D eigenvalue weighted by atomic mass is 16.5. The van der Waals surface area contributed by atoms with Crippen molar-refractivity contribution >= 4 is 11.5 Å². The number of hydrogen-bond donors (Lipinski definition) is 2. The number of amidine groups is 1. The van der Waals surface area contributed by atoms with Gasteiger partial charge in [0.25, 0.3) is 0 Å². The molecule has 92 valence electrons. The number of rotatable bonds is 3. The normalized spacial score (nSPS) is 19.3. The number of nitrogens with one attached hydrogen (secondary N) is 1. The number of nitrogens with zero attached hydrogens (tertiary/aromatic N) is 1. The lowest BCUT2D eigenvalue weighted by Gasteiger charge is -2.27. The number of benzene rings is 1. The highest BCUT2D eigenvalue weighted by Crippen LogP contribution is 2.25. The van der Waals surface area contributed by atoms with Crippen LogP contribution >= 0.6 is 0 Å². The quantitative estimate of drug-likeness (QED) is 0.614. The molecule has 0 bridgehead atoms. The first-order valence-electron chi connectivity index (χ1n) is 5.85. The average molecular weight is 233 g/mol. The van der Waals surface area contributed by atoms with Gasteiger partial charge in [0, 0.05) is 24.9 Å². The van der Waals surface area contributed by atoms with E-state index in [1.54, 1.807) is 0 Å². The summed E-state index contributed by atoms with van der Waals surface area (Å²) in [5.41, 5.74) is 8.58. The molecule has 1 aliphatic rings. The second-order valence-corrected chi connectivity index (χ2v) is 4.56. The van der Waals surface area contributed by atoms with Crippen LogP contribution in [0.2, 0.25) is 0 Å². The maximum absolute atomic E-state index is 7.66. The zero-order valence-electron chi connectivity index (χ0n) is 10.4. The molecule has 1 heterocycles. The maximum Gasteiger partial charge on any atom is 0.124 e. The number of aryl methyl sites for hydroxylation is 1. The predicted molar refractivity (Wildman–Crippen MR) is 69.8 cm³/mol. The minimum Gasteiger partial charge on any atom is -0.384 e. The molecule has 1 fully saturated rings. The van der Waals surface area contributed by atoms with Gasteiger partial charge in [0.05, 0.1) is 12.6 Å². The SMILES string of the molecule is Cc1ccc(N(C)C2CCOC2)c(C(=N)N)c1. The lowest BCUT2D eigenvalue weighted by atomic mass is 10.1. The van der Waals surface area contributed by atoms with Crippen LogP contribution in [0.25, 0.3) is 0 Å². The zero-order chi connectivity index (χ0) is 12.4. The van der Waals surface area contributed by atoms with Crippen molar-refractivity contribution in [1.82, 2.24) is 0 Å². The molecule has 0 amide bonds. The summed E-state index contributed by atoms with van der Waals surface area (Å²) in [6, 6.07) is 6.43. The smallest absolute Gasteiger partial charge is 0.124 e. The van der Waals surface area contributed by atoms with Crippen LogP contribution in [0.4, 0.5) is 5.69 Å². The summed E-state index contributed by atoms with van der Waals surface area (Å²) >= 11 is 0. The van der Waals surface area contributed by atoms with Crippen LogP contribution in [0.5, 0.6) is 0 Å². The first-order chi connectivity index (χ1) is 8.09. The molecule has 1 aromatic rings. The second kappa shape index (κ2) is 4.75. The third-order valence-electron chi connectivity index (χ3n) is 3.28. The molecule has 0 radical (unpaired) electrons. The highest BCUT2D eigenvalue weighted by molar-refractivity contribution is 6.00. The Balaban J connectivity index is 2.33. The van der Waals surface area contributed by atoms with Crippen molar-refractivity contribution in [3.63, 3.8) is 0 Å². The molecule has 1 aliphatic heterocycles. The fourth-order valence-electron chi connectivity index (χ4n) is 2.20. The van der Waals surface area contributed by atoms with Gasteiger partial charge in [0.2, 0.25) is 0 Å². The molecule has 1 aromatic carbocycles. The lowest BCUT2D eigenvalue weighted by Crippen LogP contribution is -2.33. The number of anilines is 1. The summed E-state index contributed by atoms with van der Waals surface area (Å²) in [6.07, 6.45) is 1.03. The molecule has 4 nitrogen and oxygen atoms in total. The van der Waals surface area contributed by atoms with Crippen molar-refractivity contribution in [2.24, 2.45) is 5.73 Å². The Morgan fingerprint density at radius 1 is 1.53 bits per heavy atom. The van der Waals surface area contributed by atoms with Crippen LogP contribution < -0.4 is 10.6 Å². The van der Waals surface area contributed by atoms with Gasteiger partial charge in [0.15, 0.2) is 0 Å². The topological polar surface area (TPSA) is 62.3 Å². The van der Waals surface area contributed by atoms with Gasteiger partial charge >= 0.3 is 0 Å². The molecule has 0 spiro atoms. The third-order valence-corrected chi connectivity index (χ3v) is 3.28. The van der Waals surface area contributed by atoms with E-state index in [-0.39, 0.29) is 5.84 Å². The fourth-order valence-corrected chi connectivity index (χ4v) is 2.20. The van der Waals surface area contributed by atoms with Crippen molar-refractivity contribution in [3.05, 3.63) is 29.3 Å². The Bertz CT molecular complexity index is 425. The summed E-state index contributed by atoms with van der Waals surface area (Å²) < 4.78 is 5.40. The van der Waals surface area contributed by atoms with Crippen LogP contribution in [0.1, 0.15) is 17.5 Å². The molecule has 0 aliphatic carbocycles. The molecule has 1 saturated heterocycles. The van der Waals surface area contributed by atoms with Crippen LogP contribution in [-0.4, -0.2) is 32.1 Å². The van der Waals surface area contributed by atoms with Crippen LogP contribution in [-0.2, 0) is 4.74 Å². The third kappa shape index (κ3) is 2.42. The first kappa shape index (κ1) is 11.9. The van der Waals surface area contributed by atoms with Crippen LogP contribution in [0.3, 0.4) is 0 Å². The van der Waals surface area contributed by atoms with E-state index >= 15 is 0 Å². The van der Waals surface area contributed by atoms with E-state index in [2.05, 4.69) is 4.90 Å². The minimum absolute atomic E-state index is 0.120. The van der Waals surface area contributed by atoms with E-state index in [9.17, 15) is 0 Å². The Morgan fingerprint density at radius 3 is 2.88 bits per heavy atom. The molecule has 1 atom stereocenters. The van der Waals surface area contributed by atoms with Crippen molar-refractivity contribution in [2.75, 3.05) is 25.2 Å². The number of nitrogens with two attached hydrogens (primary N) is 1. The largest absolute Gasteiger partial charge is 0.384 e. The van der Waals surface area contributed by atoms with E-state index < -0.39 is 0 Å². The van der Waals surface area contributed by atoms with E-state index in [1.807, 2.05) is 32.2 Å². The molecule has 2 rings (SSSR count). The summed E-state index contributed by atoms with van der Waals surface area (Å²) in [4.78, 5) is 2.17. The van der Waals surface area contributed by atoms with Crippen molar-refractivity contribution in [2.45, 2.75) is 19.4 Å².